The Morgan fingerprint density at radius 1 is 0.571 bits per heavy atom. The van der Waals surface area contributed by atoms with E-state index in [2.05, 4.69) is 66.1 Å². The molecule has 0 aromatic rings. The lowest BCUT2D eigenvalue weighted by atomic mass is 10.0. The first kappa shape index (κ1) is 43.0. The van der Waals surface area contributed by atoms with Crippen LogP contribution in [0.3, 0.4) is 0 Å². The molecular weight excluding hydrogens is 514 g/mol. The molecule has 0 aromatic heterocycles. The number of hydrogen-bond acceptors (Lipinski definition) is 2. The molecule has 3 heteroatoms. The minimum absolute atomic E-state index is 0.213. The van der Waals surface area contributed by atoms with Crippen LogP contribution in [0.15, 0.2) is 24.3 Å². The summed E-state index contributed by atoms with van der Waals surface area (Å²) < 4.78 is 1.24. The van der Waals surface area contributed by atoms with Crippen molar-refractivity contribution in [1.29, 1.82) is 0 Å². The van der Waals surface area contributed by atoms with Gasteiger partial charge in [-0.2, -0.15) is 0 Å². The van der Waals surface area contributed by atoms with Crippen molar-refractivity contribution >= 4 is 5.97 Å². The monoisotopic (exact) mass is 592 g/mol. The number of carbonyl (C=O) groups is 1. The molecule has 0 saturated heterocycles. The van der Waals surface area contributed by atoms with Crippen molar-refractivity contribution in [3.05, 3.63) is 24.3 Å². The second-order valence-corrected chi connectivity index (χ2v) is 13.8. The Kier molecular flexibility index (Phi) is 35.3. The molecule has 0 N–H and O–H groups in total. The van der Waals surface area contributed by atoms with E-state index in [1.165, 1.54) is 140 Å². The Balaban J connectivity index is 0. The van der Waals surface area contributed by atoms with Gasteiger partial charge in [-0.15, -0.1) is 0 Å². The average Bonchev–Trinajstić information content (AvgIpc) is 2.94. The molecule has 0 aromatic carbocycles. The summed E-state index contributed by atoms with van der Waals surface area (Å²) in [5.74, 6) is -0.0372. The Morgan fingerprint density at radius 2 is 0.976 bits per heavy atom. The average molecular weight is 592 g/mol. The summed E-state index contributed by atoms with van der Waals surface area (Å²) in [7, 11) is 4.85. The fraction of sp³-hybridized carbons (Fsp3) is 0.872. The SMILES string of the molecule is CCCCC/C=C\C/C=C\CCCCCCCC(=O)[O-].CCCCCCCCCC[N+](C)(C)CCCCCCC(C)C. The van der Waals surface area contributed by atoms with E-state index < -0.39 is 5.97 Å². The fourth-order valence-electron chi connectivity index (χ4n) is 5.31. The van der Waals surface area contributed by atoms with Gasteiger partial charge in [-0.05, 0) is 76.5 Å². The van der Waals surface area contributed by atoms with Crippen LogP contribution in [-0.4, -0.2) is 37.6 Å². The van der Waals surface area contributed by atoms with Crippen molar-refractivity contribution in [2.24, 2.45) is 5.92 Å². The largest absolute Gasteiger partial charge is 0.550 e. The van der Waals surface area contributed by atoms with Crippen molar-refractivity contribution in [3.8, 4) is 0 Å². The first-order chi connectivity index (χ1) is 20.2. The highest BCUT2D eigenvalue weighted by molar-refractivity contribution is 5.64. The van der Waals surface area contributed by atoms with E-state index in [-0.39, 0.29) is 6.42 Å². The quantitative estimate of drug-likeness (QED) is 0.0473. The van der Waals surface area contributed by atoms with E-state index in [0.717, 1.165) is 38.0 Å². The topological polar surface area (TPSA) is 40.1 Å². The van der Waals surface area contributed by atoms with Gasteiger partial charge < -0.3 is 14.4 Å². The summed E-state index contributed by atoms with van der Waals surface area (Å²) in [6.07, 6.45) is 40.6. The zero-order valence-electron chi connectivity index (χ0n) is 29.7. The lowest BCUT2D eigenvalue weighted by Gasteiger charge is -2.30. The molecule has 3 nitrogen and oxygen atoms in total. The van der Waals surface area contributed by atoms with Crippen LogP contribution >= 0.6 is 0 Å². The first-order valence-electron chi connectivity index (χ1n) is 18.6. The number of allylic oxidation sites excluding steroid dienone is 4. The minimum atomic E-state index is -0.921. The number of quaternary nitrogens is 1. The maximum atomic E-state index is 10.2. The van der Waals surface area contributed by atoms with Crippen LogP contribution in [0.1, 0.15) is 188 Å². The van der Waals surface area contributed by atoms with Gasteiger partial charge in [0.1, 0.15) is 0 Å². The van der Waals surface area contributed by atoms with E-state index >= 15 is 0 Å². The van der Waals surface area contributed by atoms with Crippen LogP contribution in [0.5, 0.6) is 0 Å². The number of rotatable bonds is 30. The third-order valence-electron chi connectivity index (χ3n) is 8.24. The van der Waals surface area contributed by atoms with Gasteiger partial charge in [0.05, 0.1) is 27.2 Å². The van der Waals surface area contributed by atoms with E-state index in [4.69, 9.17) is 0 Å². The highest BCUT2D eigenvalue weighted by atomic mass is 16.4. The summed E-state index contributed by atoms with van der Waals surface area (Å²) in [6, 6.07) is 0. The van der Waals surface area contributed by atoms with E-state index in [1.54, 1.807) is 0 Å². The van der Waals surface area contributed by atoms with Gasteiger partial charge in [-0.1, -0.05) is 142 Å². The maximum Gasteiger partial charge on any atom is 0.0782 e. The molecule has 0 aliphatic heterocycles. The van der Waals surface area contributed by atoms with Crippen LogP contribution in [0.4, 0.5) is 0 Å². The molecule has 0 aliphatic rings. The molecule has 0 saturated carbocycles. The van der Waals surface area contributed by atoms with Crippen LogP contribution in [0.25, 0.3) is 0 Å². The Bertz CT molecular complexity index is 593. The zero-order valence-corrected chi connectivity index (χ0v) is 29.7. The van der Waals surface area contributed by atoms with Crippen LogP contribution in [0, 0.1) is 5.92 Å². The predicted octanol–water partition coefficient (Wildman–Crippen LogP) is 11.4. The highest BCUT2D eigenvalue weighted by Gasteiger charge is 2.13. The van der Waals surface area contributed by atoms with Gasteiger partial charge in [0.25, 0.3) is 0 Å². The summed E-state index contributed by atoms with van der Waals surface area (Å²) in [5, 5.41) is 10.2. The third kappa shape index (κ3) is 41.0. The molecule has 0 spiro atoms. The lowest BCUT2D eigenvalue weighted by molar-refractivity contribution is -0.890. The van der Waals surface area contributed by atoms with Gasteiger partial charge in [0.2, 0.25) is 0 Å². The van der Waals surface area contributed by atoms with E-state index in [9.17, 15) is 9.90 Å². The number of aliphatic carboxylic acids is 1. The molecule has 0 aliphatic carbocycles. The molecule has 250 valence electrons. The predicted molar refractivity (Wildman–Crippen MR) is 187 cm³/mol. The van der Waals surface area contributed by atoms with Gasteiger partial charge in [0.15, 0.2) is 0 Å². The van der Waals surface area contributed by atoms with Crippen molar-refractivity contribution in [2.45, 2.75) is 188 Å². The molecule has 42 heavy (non-hydrogen) atoms. The van der Waals surface area contributed by atoms with Crippen LogP contribution in [-0.2, 0) is 4.79 Å². The van der Waals surface area contributed by atoms with Gasteiger partial charge in [-0.25, -0.2) is 0 Å². The van der Waals surface area contributed by atoms with Crippen molar-refractivity contribution < 1.29 is 14.4 Å². The fourth-order valence-corrected chi connectivity index (χ4v) is 5.31. The number of hydrogen-bond donors (Lipinski definition) is 0. The number of carbonyl (C=O) groups excluding carboxylic acids is 1. The van der Waals surface area contributed by atoms with E-state index in [0.29, 0.717) is 0 Å². The molecule has 0 fully saturated rings. The first-order valence-corrected chi connectivity index (χ1v) is 18.6. The lowest BCUT2D eigenvalue weighted by Crippen LogP contribution is -2.41. The molecule has 0 heterocycles. The smallest absolute Gasteiger partial charge is 0.0782 e. The number of unbranched alkanes of at least 4 members (excludes halogenated alkanes) is 18. The van der Waals surface area contributed by atoms with Crippen molar-refractivity contribution in [1.82, 2.24) is 0 Å². The standard InChI is InChI=1S/C21H46N.C18H32O2/c1-6-7-8-9-10-11-13-16-19-22(4,5)20-17-14-12-15-18-21(2)3;1-2-3-4-5-6-7-8-9-10-11-12-13-14-15-16-17-18(19)20/h21H,6-20H2,1-5H3;6-7,9-10H,2-5,8,11-17H2,1H3,(H,19,20)/q+1;/p-1/b;7-6-,10-9-. The zero-order chi connectivity index (χ0) is 31.6. The molecule has 0 atom stereocenters. The maximum absolute atomic E-state index is 10.2. The molecule has 0 radical (unpaired) electrons. The summed E-state index contributed by atoms with van der Waals surface area (Å²) in [4.78, 5) is 10.2. The number of nitrogens with zero attached hydrogens (tertiary/aromatic N) is 1. The van der Waals surface area contributed by atoms with Gasteiger partial charge in [-0.3, -0.25) is 0 Å². The van der Waals surface area contributed by atoms with Gasteiger partial charge >= 0.3 is 0 Å². The highest BCUT2D eigenvalue weighted by Crippen LogP contribution is 2.13. The Morgan fingerprint density at radius 3 is 1.48 bits per heavy atom. The molecule has 0 bridgehead atoms. The number of carboxylic acids is 1. The van der Waals surface area contributed by atoms with Gasteiger partial charge in [0, 0.05) is 5.97 Å². The third-order valence-corrected chi connectivity index (χ3v) is 8.24. The van der Waals surface area contributed by atoms with Crippen LogP contribution in [0.2, 0.25) is 0 Å². The normalized spacial score (nSPS) is 12.0. The molecule has 0 unspecified atom stereocenters. The second kappa shape index (κ2) is 34.4. The molecule has 0 rings (SSSR count). The van der Waals surface area contributed by atoms with E-state index in [1.807, 2.05) is 0 Å². The van der Waals surface area contributed by atoms with Crippen LogP contribution < -0.4 is 5.11 Å². The van der Waals surface area contributed by atoms with Crippen molar-refractivity contribution in [2.75, 3.05) is 27.2 Å². The number of carboxylic acid groups (broad SMARTS) is 1. The summed E-state index contributed by atoms with van der Waals surface area (Å²) >= 11 is 0. The summed E-state index contributed by atoms with van der Waals surface area (Å²) in [6.45, 7) is 12.0. The molecule has 0 amide bonds. The van der Waals surface area contributed by atoms with Crippen molar-refractivity contribution in [3.63, 3.8) is 0 Å². The minimum Gasteiger partial charge on any atom is -0.550 e. The second-order valence-electron chi connectivity index (χ2n) is 13.8. The summed E-state index contributed by atoms with van der Waals surface area (Å²) in [5.41, 5.74) is 0. The Labute approximate surface area is 265 Å². The molecular formula is C39H77NO2. The Hall–Kier alpha value is -1.09.